The van der Waals surface area contributed by atoms with Crippen LogP contribution in [0.25, 0.3) is 109 Å². The summed E-state index contributed by atoms with van der Waals surface area (Å²) >= 11 is 0. The van der Waals surface area contributed by atoms with E-state index in [1.54, 1.807) is 59.6 Å². The molecule has 0 aliphatic carbocycles. The topological polar surface area (TPSA) is 314 Å². The van der Waals surface area contributed by atoms with E-state index >= 15 is 0 Å². The number of amides is 2. The van der Waals surface area contributed by atoms with E-state index in [4.69, 9.17) is 24.7 Å². The maximum absolute atomic E-state index is 15.0. The van der Waals surface area contributed by atoms with Crippen molar-refractivity contribution >= 4 is 29.1 Å². The number of benzene rings is 6. The first-order valence-corrected chi connectivity index (χ1v) is 31.9. The number of hydrogen-bond donors (Lipinski definition) is 4. The monoisotopic (exact) mass is 1400 g/mol. The second-order valence-corrected chi connectivity index (χ2v) is 23.4. The van der Waals surface area contributed by atoms with Crippen molar-refractivity contribution in [2.45, 2.75) is 25.9 Å². The van der Waals surface area contributed by atoms with E-state index in [1.807, 2.05) is 74.4 Å². The Labute approximate surface area is 586 Å². The minimum Gasteiger partial charge on any atom is -0.415 e. The Hall–Kier alpha value is -12.4. The lowest BCUT2D eigenvalue weighted by Crippen LogP contribution is -2.35. The predicted molar refractivity (Wildman–Crippen MR) is 377 cm³/mol. The zero-order valence-electron chi connectivity index (χ0n) is 55.0. The molecule has 2 aliphatic rings. The summed E-state index contributed by atoms with van der Waals surface area (Å²) in [7, 11) is 3.91. The summed E-state index contributed by atoms with van der Waals surface area (Å²) in [6.07, 6.45) is 0.807. The summed E-state index contributed by atoms with van der Waals surface area (Å²) in [6, 6.07) is 37.6. The van der Waals surface area contributed by atoms with Crippen LogP contribution in [0.3, 0.4) is 0 Å². The summed E-state index contributed by atoms with van der Waals surface area (Å²) in [6.45, 7) is 10.2. The minimum atomic E-state index is -4.75. The molecule has 24 nitrogen and oxygen atoms in total. The van der Waals surface area contributed by atoms with E-state index in [9.17, 15) is 35.9 Å². The highest BCUT2D eigenvalue weighted by Crippen LogP contribution is 2.39. The van der Waals surface area contributed by atoms with E-state index in [-0.39, 0.29) is 99.4 Å². The van der Waals surface area contributed by atoms with Gasteiger partial charge >= 0.3 is 6.18 Å². The molecule has 0 unspecified atom stereocenters. The fraction of sp³-hybridized carbons (Fsp3) is 0.194. The SMILES string of the molecule is C=C(c1ccc(-c2cnc(C)c(-c3nnc(-c4cccc(F)c4)o3)n2)cc1)N(C)C.Nc1ncc(-c2cc(F)c(C(=O)N3CCCNCC3)c(F)c2)nc1-c1nnc(-c2ccccc2)o1.Nc1ncc(-c2ccc(C(=O)N3CCCNCC3)cc2C(F)(F)F)nc1-c1nnc(-c2ccccc2)o1.[HH].[HH].[HH].[HH].[HH]. The number of aryl methyl sites for hydroxylation is 1. The highest BCUT2D eigenvalue weighted by Gasteiger charge is 2.36. The fourth-order valence-electron chi connectivity index (χ4n) is 10.9. The van der Waals surface area contributed by atoms with E-state index in [0.29, 0.717) is 79.5 Å². The predicted octanol–water partition coefficient (Wildman–Crippen LogP) is 13.1. The van der Waals surface area contributed by atoms with E-state index in [0.717, 1.165) is 60.7 Å². The third-order valence-corrected chi connectivity index (χ3v) is 16.3. The number of nitrogens with one attached hydrogen (secondary N) is 2. The molecule has 0 atom stereocenters. The Morgan fingerprint density at radius 3 is 1.53 bits per heavy atom. The molecule has 2 saturated heterocycles. The molecule has 14 rings (SSSR count). The highest BCUT2D eigenvalue weighted by atomic mass is 19.4. The van der Waals surface area contributed by atoms with Gasteiger partial charge < -0.3 is 50.1 Å². The average molecular weight is 1400 g/mol. The Morgan fingerprint density at radius 2 is 0.980 bits per heavy atom. The van der Waals surface area contributed by atoms with Crippen molar-refractivity contribution < 1.29 is 56.3 Å². The number of carbonyl (C=O) groups is 2. The molecule has 6 aromatic heterocycles. The van der Waals surface area contributed by atoms with Crippen LogP contribution in [0.4, 0.5) is 38.0 Å². The molecular weight excluding hydrogens is 1320 g/mol. The molecule has 12 aromatic rings. The molecule has 0 bridgehead atoms. The van der Waals surface area contributed by atoms with Crippen molar-refractivity contribution in [1.29, 1.82) is 0 Å². The summed E-state index contributed by atoms with van der Waals surface area (Å²) < 4.78 is 103. The lowest BCUT2D eigenvalue weighted by atomic mass is 10.00. The summed E-state index contributed by atoms with van der Waals surface area (Å²) in [4.78, 5) is 56.5. The number of halogens is 6. The Bertz CT molecular complexity index is 4990. The minimum absolute atomic E-state index is 0. The largest absolute Gasteiger partial charge is 0.417 e. The van der Waals surface area contributed by atoms with Crippen molar-refractivity contribution in [3.8, 4) is 103 Å². The second-order valence-electron chi connectivity index (χ2n) is 23.4. The van der Waals surface area contributed by atoms with Gasteiger partial charge in [-0.1, -0.05) is 79.4 Å². The lowest BCUT2D eigenvalue weighted by Gasteiger charge is -2.21. The quantitative estimate of drug-likeness (QED) is 0.0779. The Kier molecular flexibility index (Phi) is 20.9. The van der Waals surface area contributed by atoms with Crippen molar-refractivity contribution in [2.75, 3.05) is 77.9 Å². The Balaban J connectivity index is 0.000000220. The van der Waals surface area contributed by atoms with Gasteiger partial charge in [0.25, 0.3) is 29.5 Å². The van der Waals surface area contributed by atoms with Crippen LogP contribution in [-0.2, 0) is 6.18 Å². The number of anilines is 2. The van der Waals surface area contributed by atoms with Crippen LogP contribution in [0.1, 0.15) is 57.5 Å². The number of aromatic nitrogens is 12. The van der Waals surface area contributed by atoms with Crippen LogP contribution in [0.15, 0.2) is 178 Å². The normalized spacial score (nSPS) is 13.2. The smallest absolute Gasteiger partial charge is 0.415 e. The molecule has 6 N–H and O–H groups in total. The number of hydrogen-bond acceptors (Lipinski definition) is 22. The number of carbonyl (C=O) groups excluding carboxylic acids is 2. The summed E-state index contributed by atoms with van der Waals surface area (Å²) in [5.74, 6) is -2.69. The van der Waals surface area contributed by atoms with E-state index < -0.39 is 40.8 Å². The number of nitrogens with zero attached hydrogens (tertiary/aromatic N) is 15. The van der Waals surface area contributed by atoms with Gasteiger partial charge in [0.05, 0.1) is 46.9 Å². The summed E-state index contributed by atoms with van der Waals surface area (Å²) in [5, 5.41) is 30.4. The zero-order chi connectivity index (χ0) is 71.6. The first kappa shape index (κ1) is 69.5. The molecule has 102 heavy (non-hydrogen) atoms. The fourth-order valence-corrected chi connectivity index (χ4v) is 10.9. The molecule has 0 spiro atoms. The molecular formula is C72H73F6N19O5. The molecule has 2 amide bonds. The van der Waals surface area contributed by atoms with Gasteiger partial charge in [-0.2, -0.15) is 13.2 Å². The van der Waals surface area contributed by atoms with Gasteiger partial charge in [0.15, 0.2) is 23.0 Å². The van der Waals surface area contributed by atoms with E-state index in [2.05, 4.69) is 77.7 Å². The van der Waals surface area contributed by atoms with Crippen LogP contribution in [0, 0.1) is 24.4 Å². The average Bonchev–Trinajstić information content (AvgIpc) is 1.62. The maximum atomic E-state index is 15.0. The second kappa shape index (κ2) is 30.8. The molecule has 30 heteroatoms. The number of alkyl halides is 3. The van der Waals surface area contributed by atoms with Gasteiger partial charge in [-0.25, -0.2) is 38.1 Å². The number of rotatable bonds is 13. The van der Waals surface area contributed by atoms with Crippen molar-refractivity contribution in [3.63, 3.8) is 0 Å². The van der Waals surface area contributed by atoms with Gasteiger partial charge in [-0.15, -0.1) is 30.6 Å². The first-order valence-electron chi connectivity index (χ1n) is 31.9. The third-order valence-electron chi connectivity index (χ3n) is 16.3. The van der Waals surface area contributed by atoms with Crippen LogP contribution >= 0.6 is 0 Å². The molecule has 2 aliphatic heterocycles. The van der Waals surface area contributed by atoms with Crippen LogP contribution in [0.5, 0.6) is 0 Å². The van der Waals surface area contributed by atoms with Gasteiger partial charge in [0.1, 0.15) is 28.7 Å². The van der Waals surface area contributed by atoms with Crippen molar-refractivity contribution in [2.24, 2.45) is 0 Å². The van der Waals surface area contributed by atoms with Gasteiger partial charge in [-0.05, 0) is 105 Å². The molecule has 6 aromatic carbocycles. The number of nitrogens with two attached hydrogens (primary N) is 2. The lowest BCUT2D eigenvalue weighted by molar-refractivity contribution is -0.137. The molecule has 528 valence electrons. The number of nitrogen functional groups attached to an aromatic ring is 2. The van der Waals surface area contributed by atoms with Gasteiger partial charge in [0, 0.05) is 105 Å². The first-order chi connectivity index (χ1) is 49.2. The van der Waals surface area contributed by atoms with Crippen LogP contribution in [0.2, 0.25) is 0 Å². The van der Waals surface area contributed by atoms with Gasteiger partial charge in [0.2, 0.25) is 17.7 Å². The Morgan fingerprint density at radius 1 is 0.510 bits per heavy atom. The summed E-state index contributed by atoms with van der Waals surface area (Å²) in [5.41, 5.74) is 16.7. The standard InChI is InChI=1S/C25H22F3N7O2.C24H21F2N7O2.C23H20FN5O.5H2/c26-25(27,28)18-13-16(24(36)35-11-4-9-30-10-12-35)7-8-17(18)19-14-31-21(29)20(32-19)23-34-33-22(37-23)15-5-2-1-3-6-15;25-16-11-15(12-17(26)19(16)24(34)33-9-4-7-28-8-10-33)18-13-29-21(27)20(30-18)23-32-31-22(35-23)14-5-2-1-3-6-14;1-14-21(23-28-27-22(30-23)18-6-5-7-19(24)12-18)26-20(13-25-14)17-10-8-16(9-11-17)15(2)29(3)4;;;;;/h1-3,5-8,13-14,30H,4,9-12H2,(H2,29,31);1-3,5-6,11-13,28H,4,7-10H2,(H2,27,29);5-13H,2H2,1,3-4H3;5*1H. The maximum Gasteiger partial charge on any atom is 0.417 e. The molecule has 2 fully saturated rings. The van der Waals surface area contributed by atoms with E-state index in [1.165, 1.54) is 35.4 Å². The van der Waals surface area contributed by atoms with Crippen LogP contribution < -0.4 is 22.1 Å². The molecule has 0 radical (unpaired) electrons. The zero-order valence-corrected chi connectivity index (χ0v) is 55.0. The highest BCUT2D eigenvalue weighted by molar-refractivity contribution is 5.96. The third kappa shape index (κ3) is 16.0. The van der Waals surface area contributed by atoms with Gasteiger partial charge in [-0.3, -0.25) is 14.6 Å². The molecule has 8 heterocycles. The van der Waals surface area contributed by atoms with Crippen LogP contribution in [-0.4, -0.2) is 153 Å². The molecule has 0 saturated carbocycles. The van der Waals surface area contributed by atoms with Crippen molar-refractivity contribution in [3.05, 3.63) is 210 Å². The van der Waals surface area contributed by atoms with Crippen molar-refractivity contribution in [1.82, 2.24) is 85.8 Å².